The number of hydrogen-bond acceptors (Lipinski definition) is 6. The Morgan fingerprint density at radius 2 is 1.86 bits per heavy atom. The second-order valence-electron chi connectivity index (χ2n) is 5.28. The Labute approximate surface area is 123 Å². The third kappa shape index (κ3) is 4.07. The van der Waals surface area contributed by atoms with Gasteiger partial charge in [0.15, 0.2) is 0 Å². The summed E-state index contributed by atoms with van der Waals surface area (Å²) in [6, 6.07) is -1.67. The zero-order valence-corrected chi connectivity index (χ0v) is 12.7. The van der Waals surface area contributed by atoms with Crippen LogP contribution in [-0.4, -0.2) is 66.9 Å². The van der Waals surface area contributed by atoms with Gasteiger partial charge in [-0.15, -0.1) is 0 Å². The third-order valence-corrected chi connectivity index (χ3v) is 3.43. The lowest BCUT2D eigenvalue weighted by atomic mass is 10.0. The smallest absolute Gasteiger partial charge is 0.407 e. The van der Waals surface area contributed by atoms with Gasteiger partial charge in [0.2, 0.25) is 5.91 Å². The molecular weight excluding hydrogens is 280 g/mol. The maximum absolute atomic E-state index is 12.6. The van der Waals surface area contributed by atoms with Crippen LogP contribution < -0.4 is 5.32 Å². The molecule has 0 radical (unpaired) electrons. The second-order valence-corrected chi connectivity index (χ2v) is 5.28. The SMILES string of the molecule is COC(=O)NC(C(=O)N1C[C@H](O)C[C@H]1C(=O)OC)C(C)C. The van der Waals surface area contributed by atoms with Crippen LogP contribution in [-0.2, 0) is 19.1 Å². The second kappa shape index (κ2) is 7.26. The lowest BCUT2D eigenvalue weighted by Gasteiger charge is -2.29. The van der Waals surface area contributed by atoms with Crippen molar-refractivity contribution >= 4 is 18.0 Å². The molecular formula is C13H22N2O6. The Morgan fingerprint density at radius 3 is 2.33 bits per heavy atom. The number of nitrogens with zero attached hydrogens (tertiary/aromatic N) is 1. The van der Waals surface area contributed by atoms with Crippen molar-refractivity contribution in [2.45, 2.75) is 38.5 Å². The van der Waals surface area contributed by atoms with Gasteiger partial charge in [-0.05, 0) is 5.92 Å². The van der Waals surface area contributed by atoms with Crippen molar-refractivity contribution in [1.29, 1.82) is 0 Å². The quantitative estimate of drug-likeness (QED) is 0.678. The number of aliphatic hydroxyl groups excluding tert-OH is 1. The summed E-state index contributed by atoms with van der Waals surface area (Å²) in [6.07, 6.45) is -1.39. The van der Waals surface area contributed by atoms with E-state index >= 15 is 0 Å². The van der Waals surface area contributed by atoms with Gasteiger partial charge in [0, 0.05) is 13.0 Å². The minimum Gasteiger partial charge on any atom is -0.467 e. The predicted molar refractivity (Wildman–Crippen MR) is 72.3 cm³/mol. The van der Waals surface area contributed by atoms with Gasteiger partial charge in [-0.2, -0.15) is 0 Å². The predicted octanol–water partition coefficient (Wildman–Crippen LogP) is -0.498. The molecule has 0 spiro atoms. The molecule has 1 fully saturated rings. The molecule has 3 atom stereocenters. The van der Waals surface area contributed by atoms with E-state index in [2.05, 4.69) is 14.8 Å². The molecule has 8 nitrogen and oxygen atoms in total. The first-order valence-electron chi connectivity index (χ1n) is 6.72. The number of hydrogen-bond donors (Lipinski definition) is 2. The molecule has 0 aromatic rings. The van der Waals surface area contributed by atoms with Crippen LogP contribution in [0.4, 0.5) is 4.79 Å². The largest absolute Gasteiger partial charge is 0.467 e. The van der Waals surface area contributed by atoms with Crippen molar-refractivity contribution in [2.75, 3.05) is 20.8 Å². The normalized spacial score (nSPS) is 22.9. The molecule has 21 heavy (non-hydrogen) atoms. The Balaban J connectivity index is 2.90. The Morgan fingerprint density at radius 1 is 1.24 bits per heavy atom. The van der Waals surface area contributed by atoms with Crippen molar-refractivity contribution in [2.24, 2.45) is 5.92 Å². The van der Waals surface area contributed by atoms with Gasteiger partial charge in [-0.25, -0.2) is 9.59 Å². The average Bonchev–Trinajstić information content (AvgIpc) is 2.84. The number of methoxy groups -OCH3 is 2. The maximum atomic E-state index is 12.6. The van der Waals surface area contributed by atoms with Gasteiger partial charge in [0.1, 0.15) is 12.1 Å². The fraction of sp³-hybridized carbons (Fsp3) is 0.769. The number of carbonyl (C=O) groups excluding carboxylic acids is 3. The van der Waals surface area contributed by atoms with E-state index in [4.69, 9.17) is 0 Å². The average molecular weight is 302 g/mol. The number of β-amino-alcohol motifs (C(OH)–C–C–N with tert-alkyl or cyclic N) is 1. The third-order valence-electron chi connectivity index (χ3n) is 3.43. The highest BCUT2D eigenvalue weighted by atomic mass is 16.5. The summed E-state index contributed by atoms with van der Waals surface area (Å²) in [4.78, 5) is 36.8. The Hall–Kier alpha value is -1.83. The molecule has 1 aliphatic heterocycles. The van der Waals surface area contributed by atoms with Crippen molar-refractivity contribution in [3.05, 3.63) is 0 Å². The van der Waals surface area contributed by atoms with Crippen LogP contribution in [0.15, 0.2) is 0 Å². The molecule has 2 N–H and O–H groups in total. The number of aliphatic hydroxyl groups is 1. The van der Waals surface area contributed by atoms with Crippen LogP contribution >= 0.6 is 0 Å². The summed E-state index contributed by atoms with van der Waals surface area (Å²) in [5.41, 5.74) is 0. The summed E-state index contributed by atoms with van der Waals surface area (Å²) in [7, 11) is 2.43. The molecule has 0 saturated carbocycles. The standard InChI is InChI=1S/C13H22N2O6/c1-7(2)10(14-13(19)21-4)11(17)15-6-8(16)5-9(15)12(18)20-3/h7-10,16H,5-6H2,1-4H3,(H,14,19)/t8-,9+,10?/m1/s1. The van der Waals surface area contributed by atoms with E-state index in [0.29, 0.717) is 0 Å². The molecule has 8 heteroatoms. The number of nitrogens with one attached hydrogen (secondary N) is 1. The van der Waals surface area contributed by atoms with Crippen molar-refractivity contribution in [3.8, 4) is 0 Å². The zero-order chi connectivity index (χ0) is 16.2. The first-order valence-corrected chi connectivity index (χ1v) is 6.72. The van der Waals surface area contributed by atoms with Gasteiger partial charge in [-0.1, -0.05) is 13.8 Å². The molecule has 2 amide bonds. The number of ether oxygens (including phenoxy) is 2. The number of rotatable bonds is 4. The highest BCUT2D eigenvalue weighted by molar-refractivity contribution is 5.90. The van der Waals surface area contributed by atoms with E-state index < -0.39 is 36.2 Å². The molecule has 0 aromatic carbocycles. The van der Waals surface area contributed by atoms with E-state index in [9.17, 15) is 19.5 Å². The van der Waals surface area contributed by atoms with E-state index in [1.165, 1.54) is 19.1 Å². The number of amides is 2. The lowest BCUT2D eigenvalue weighted by Crippen LogP contribution is -2.54. The minimum absolute atomic E-state index is 0.0324. The van der Waals surface area contributed by atoms with Gasteiger partial charge < -0.3 is 24.8 Å². The highest BCUT2D eigenvalue weighted by Crippen LogP contribution is 2.21. The van der Waals surface area contributed by atoms with E-state index in [-0.39, 0.29) is 18.9 Å². The summed E-state index contributed by atoms with van der Waals surface area (Å²) in [5, 5.41) is 12.1. The molecule has 1 unspecified atom stereocenters. The monoisotopic (exact) mass is 302 g/mol. The van der Waals surface area contributed by atoms with Crippen LogP contribution in [0.3, 0.4) is 0 Å². The minimum atomic E-state index is -0.838. The first-order chi connectivity index (χ1) is 9.81. The van der Waals surface area contributed by atoms with Crippen molar-refractivity contribution < 1.29 is 29.0 Å². The van der Waals surface area contributed by atoms with E-state index in [1.807, 2.05) is 0 Å². The summed E-state index contributed by atoms with van der Waals surface area (Å²) in [6.45, 7) is 3.56. The Bertz CT molecular complexity index is 411. The fourth-order valence-corrected chi connectivity index (χ4v) is 2.29. The molecule has 0 aliphatic carbocycles. The van der Waals surface area contributed by atoms with Crippen molar-refractivity contribution in [1.82, 2.24) is 10.2 Å². The zero-order valence-electron chi connectivity index (χ0n) is 12.7. The molecule has 120 valence electrons. The Kier molecular flexibility index (Phi) is 5.95. The van der Waals surface area contributed by atoms with E-state index in [0.717, 1.165) is 0 Å². The maximum Gasteiger partial charge on any atom is 0.407 e. The summed E-state index contributed by atoms with van der Waals surface area (Å²) >= 11 is 0. The molecule has 1 rings (SSSR count). The van der Waals surface area contributed by atoms with Crippen LogP contribution in [0.5, 0.6) is 0 Å². The van der Waals surface area contributed by atoms with E-state index in [1.54, 1.807) is 13.8 Å². The lowest BCUT2D eigenvalue weighted by molar-refractivity contribution is -0.151. The number of esters is 1. The molecule has 1 heterocycles. The fourth-order valence-electron chi connectivity index (χ4n) is 2.29. The highest BCUT2D eigenvalue weighted by Gasteiger charge is 2.42. The summed E-state index contributed by atoms with van der Waals surface area (Å²) in [5.74, 6) is -1.23. The number of carbonyl (C=O) groups is 3. The van der Waals surface area contributed by atoms with Crippen molar-refractivity contribution in [3.63, 3.8) is 0 Å². The number of likely N-dealkylation sites (tertiary alicyclic amines) is 1. The van der Waals surface area contributed by atoms with Crippen LogP contribution in [0.2, 0.25) is 0 Å². The van der Waals surface area contributed by atoms with Crippen LogP contribution in [0.25, 0.3) is 0 Å². The van der Waals surface area contributed by atoms with Gasteiger partial charge in [0.05, 0.1) is 20.3 Å². The number of alkyl carbamates (subject to hydrolysis) is 1. The topological polar surface area (TPSA) is 105 Å². The van der Waals surface area contributed by atoms with Gasteiger partial charge in [0.25, 0.3) is 0 Å². The first kappa shape index (κ1) is 17.2. The molecule has 0 bridgehead atoms. The summed E-state index contributed by atoms with van der Waals surface area (Å²) < 4.78 is 9.15. The van der Waals surface area contributed by atoms with Gasteiger partial charge in [-0.3, -0.25) is 4.79 Å². The van der Waals surface area contributed by atoms with Crippen LogP contribution in [0, 0.1) is 5.92 Å². The molecule has 1 aliphatic rings. The molecule has 1 saturated heterocycles. The van der Waals surface area contributed by atoms with Crippen LogP contribution in [0.1, 0.15) is 20.3 Å². The van der Waals surface area contributed by atoms with Gasteiger partial charge >= 0.3 is 12.1 Å². The molecule has 0 aromatic heterocycles.